The number of nitrogens with two attached hydrogens (primary N) is 1. The predicted molar refractivity (Wildman–Crippen MR) is 77.6 cm³/mol. The first-order valence-corrected chi connectivity index (χ1v) is 7.84. The van der Waals surface area contributed by atoms with Crippen molar-refractivity contribution in [2.75, 3.05) is 17.7 Å². The van der Waals surface area contributed by atoms with E-state index in [1.807, 2.05) is 6.26 Å². The van der Waals surface area contributed by atoms with Gasteiger partial charge in [0.2, 0.25) is 5.95 Å². The summed E-state index contributed by atoms with van der Waals surface area (Å²) in [5, 5.41) is 31.3. The molecule has 1 saturated heterocycles. The smallest absolute Gasteiger partial charge is 0.280 e. The van der Waals surface area contributed by atoms with Crippen molar-refractivity contribution >= 4 is 23.4 Å². The van der Waals surface area contributed by atoms with Gasteiger partial charge in [-0.3, -0.25) is 9.78 Å². The van der Waals surface area contributed by atoms with Crippen LogP contribution in [0.5, 0.6) is 0 Å². The van der Waals surface area contributed by atoms with Crippen molar-refractivity contribution in [2.45, 2.75) is 30.3 Å². The maximum Gasteiger partial charge on any atom is 0.280 e. The number of aliphatic hydroxyl groups is 2. The highest BCUT2D eigenvalue weighted by Crippen LogP contribution is 2.37. The number of nitrogen functional groups attached to an aromatic ring is 1. The van der Waals surface area contributed by atoms with Gasteiger partial charge in [0.05, 0.1) is 18.2 Å². The second kappa shape index (κ2) is 5.37. The molecule has 0 bridgehead atoms. The number of aromatic amines is 1. The Morgan fingerprint density at radius 2 is 2.14 bits per heavy atom. The first kappa shape index (κ1) is 14.4. The second-order valence-corrected chi connectivity index (χ2v) is 5.99. The lowest BCUT2D eigenvalue weighted by molar-refractivity contribution is 0.0272. The Morgan fingerprint density at radius 3 is 2.86 bits per heavy atom. The molecule has 6 N–H and O–H groups in total. The third-order valence-corrected chi connectivity index (χ3v) is 4.42. The van der Waals surface area contributed by atoms with Gasteiger partial charge in [0.1, 0.15) is 11.7 Å². The van der Waals surface area contributed by atoms with Gasteiger partial charge < -0.3 is 21.3 Å². The molecule has 0 spiro atoms. The molecule has 2 aliphatic heterocycles. The fourth-order valence-electron chi connectivity index (χ4n) is 2.72. The van der Waals surface area contributed by atoms with E-state index in [1.54, 1.807) is 11.8 Å². The molecule has 0 aromatic carbocycles. The number of thioether (sulfide) groups is 1. The van der Waals surface area contributed by atoms with Gasteiger partial charge in [0.15, 0.2) is 5.69 Å². The van der Waals surface area contributed by atoms with Crippen molar-refractivity contribution in [3.8, 4) is 0 Å². The number of azo groups is 1. The molecule has 1 unspecified atom stereocenters. The van der Waals surface area contributed by atoms with E-state index < -0.39 is 29.9 Å². The number of nitrogens with zero attached hydrogens (tertiary/aromatic N) is 3. The van der Waals surface area contributed by atoms with Crippen molar-refractivity contribution in [3.63, 3.8) is 0 Å². The van der Waals surface area contributed by atoms with E-state index in [2.05, 4.69) is 25.5 Å². The predicted octanol–water partition coefficient (Wildman–Crippen LogP) is -1.08. The second-order valence-electron chi connectivity index (χ2n) is 5.08. The summed E-state index contributed by atoms with van der Waals surface area (Å²) in [6.07, 6.45) is 0.000854. The highest BCUT2D eigenvalue weighted by molar-refractivity contribution is 7.98. The number of fused-ring (bicyclic) bond motifs is 1. The lowest BCUT2D eigenvalue weighted by atomic mass is 9.99. The van der Waals surface area contributed by atoms with Gasteiger partial charge in [-0.05, 0) is 6.26 Å². The number of nitrogens with one attached hydrogen (secondary N) is 2. The van der Waals surface area contributed by atoms with E-state index in [4.69, 9.17) is 5.73 Å². The molecule has 0 radical (unpaired) electrons. The Balaban J connectivity index is 1.91. The summed E-state index contributed by atoms with van der Waals surface area (Å²) >= 11 is 1.56. The van der Waals surface area contributed by atoms with Crippen LogP contribution in [0.3, 0.4) is 0 Å². The van der Waals surface area contributed by atoms with Crippen LogP contribution in [0.1, 0.15) is 11.7 Å². The summed E-state index contributed by atoms with van der Waals surface area (Å²) in [5.41, 5.74) is 5.51. The van der Waals surface area contributed by atoms with E-state index in [0.29, 0.717) is 11.4 Å². The minimum absolute atomic E-state index is 0.0234. The molecule has 10 heteroatoms. The van der Waals surface area contributed by atoms with Gasteiger partial charge in [-0.2, -0.15) is 16.9 Å². The highest BCUT2D eigenvalue weighted by Gasteiger charge is 2.47. The van der Waals surface area contributed by atoms with Crippen LogP contribution in [0.15, 0.2) is 15.0 Å². The minimum atomic E-state index is -1.01. The molecule has 1 aromatic rings. The standard InChI is InChI=1S/C11H16N6O3S/c1-21-2-3-8(18)9(19)6(13-3)5-4-7(17-16-5)10(20)15-11(12)14-4/h3,5-6,8-9,13,18-19H,2H2,1H3,(H3,12,14,15,20)/t3-,5?,6+,8-,9+/m1/s1. The van der Waals surface area contributed by atoms with E-state index in [1.165, 1.54) is 0 Å². The number of anilines is 1. The number of hydrogen-bond acceptors (Lipinski definition) is 9. The lowest BCUT2D eigenvalue weighted by Crippen LogP contribution is -2.38. The zero-order valence-corrected chi connectivity index (χ0v) is 12.0. The molecule has 1 aromatic heterocycles. The Morgan fingerprint density at radius 1 is 1.38 bits per heavy atom. The van der Waals surface area contributed by atoms with Crippen LogP contribution in [-0.2, 0) is 0 Å². The highest BCUT2D eigenvalue weighted by atomic mass is 32.2. The Bertz CT molecular complexity index is 635. The SMILES string of the molecule is CSC[C@H]1N[C@@H](C2N=Nc3c2nc(N)[nH]c3=O)[C@H](O)[C@@H]1O. The third-order valence-electron chi connectivity index (χ3n) is 3.73. The normalized spacial score (nSPS) is 34.3. The van der Waals surface area contributed by atoms with Gasteiger partial charge in [0.25, 0.3) is 5.56 Å². The lowest BCUT2D eigenvalue weighted by Gasteiger charge is -2.19. The van der Waals surface area contributed by atoms with Gasteiger partial charge in [-0.15, -0.1) is 5.11 Å². The largest absolute Gasteiger partial charge is 0.389 e. The summed E-state index contributed by atoms with van der Waals surface area (Å²) in [6.45, 7) is 0. The average molecular weight is 312 g/mol. The Kier molecular flexibility index (Phi) is 3.69. The van der Waals surface area contributed by atoms with Crippen LogP contribution in [0.2, 0.25) is 0 Å². The molecule has 0 saturated carbocycles. The molecule has 21 heavy (non-hydrogen) atoms. The third kappa shape index (κ3) is 2.33. The van der Waals surface area contributed by atoms with Crippen LogP contribution < -0.4 is 16.6 Å². The molecule has 0 aliphatic carbocycles. The molecule has 3 rings (SSSR count). The summed E-state index contributed by atoms with van der Waals surface area (Å²) in [4.78, 5) is 18.2. The van der Waals surface area contributed by atoms with Gasteiger partial charge in [0, 0.05) is 11.8 Å². The van der Waals surface area contributed by atoms with Crippen molar-refractivity contribution in [1.29, 1.82) is 0 Å². The van der Waals surface area contributed by atoms with Gasteiger partial charge >= 0.3 is 0 Å². The van der Waals surface area contributed by atoms with E-state index >= 15 is 0 Å². The molecule has 3 heterocycles. The van der Waals surface area contributed by atoms with E-state index in [0.717, 1.165) is 0 Å². The number of hydrogen-bond donors (Lipinski definition) is 5. The van der Waals surface area contributed by atoms with Crippen molar-refractivity contribution in [2.24, 2.45) is 10.2 Å². The quantitative estimate of drug-likeness (QED) is 0.476. The summed E-state index contributed by atoms with van der Waals surface area (Å²) in [6, 6.07) is -1.45. The zero-order valence-electron chi connectivity index (χ0n) is 11.2. The molecular weight excluding hydrogens is 296 g/mol. The van der Waals surface area contributed by atoms with Gasteiger partial charge in [-0.25, -0.2) is 4.98 Å². The van der Waals surface area contributed by atoms with Crippen LogP contribution in [0.4, 0.5) is 11.6 Å². The zero-order chi connectivity index (χ0) is 15.1. The van der Waals surface area contributed by atoms with Gasteiger partial charge in [-0.1, -0.05) is 0 Å². The molecule has 1 fully saturated rings. The monoisotopic (exact) mass is 312 g/mol. The molecule has 5 atom stereocenters. The number of aliphatic hydroxyl groups excluding tert-OH is 2. The first-order valence-electron chi connectivity index (χ1n) is 6.44. The molecule has 114 valence electrons. The van der Waals surface area contributed by atoms with Crippen LogP contribution >= 0.6 is 11.8 Å². The van der Waals surface area contributed by atoms with Crippen molar-refractivity contribution < 1.29 is 10.2 Å². The number of aromatic nitrogens is 2. The molecule has 0 amide bonds. The average Bonchev–Trinajstić information content (AvgIpc) is 2.96. The van der Waals surface area contributed by atoms with Crippen molar-refractivity contribution in [3.05, 3.63) is 16.0 Å². The Hall–Kier alpha value is -1.49. The summed E-state index contributed by atoms with van der Waals surface area (Å²) in [5.74, 6) is 0.626. The Labute approximate surface area is 124 Å². The number of H-pyrrole nitrogens is 1. The maximum atomic E-state index is 11.7. The van der Waals surface area contributed by atoms with E-state index in [9.17, 15) is 15.0 Å². The summed E-state index contributed by atoms with van der Waals surface area (Å²) < 4.78 is 0. The fourth-order valence-corrected chi connectivity index (χ4v) is 3.37. The first-order chi connectivity index (χ1) is 10.0. The molecular formula is C11H16N6O3S. The number of rotatable bonds is 3. The van der Waals surface area contributed by atoms with Crippen LogP contribution in [0.25, 0.3) is 0 Å². The molecule has 2 aliphatic rings. The summed E-state index contributed by atoms with van der Waals surface area (Å²) in [7, 11) is 0. The minimum Gasteiger partial charge on any atom is -0.389 e. The van der Waals surface area contributed by atoms with Crippen LogP contribution in [-0.4, -0.2) is 56.5 Å². The van der Waals surface area contributed by atoms with Crippen LogP contribution in [0, 0.1) is 0 Å². The molecule has 9 nitrogen and oxygen atoms in total. The van der Waals surface area contributed by atoms with Crippen molar-refractivity contribution in [1.82, 2.24) is 15.3 Å². The van der Waals surface area contributed by atoms with E-state index in [-0.39, 0.29) is 17.7 Å². The fraction of sp³-hybridized carbons (Fsp3) is 0.636. The maximum absolute atomic E-state index is 11.7. The topological polar surface area (TPSA) is 149 Å².